The monoisotopic (exact) mass is 179 g/mol. The zero-order valence-corrected chi connectivity index (χ0v) is 7.20. The summed E-state index contributed by atoms with van der Waals surface area (Å²) in [6.45, 7) is 1.11. The molecule has 0 amide bonds. The van der Waals surface area contributed by atoms with Crippen molar-refractivity contribution in [2.45, 2.75) is 5.92 Å². The summed E-state index contributed by atoms with van der Waals surface area (Å²) in [4.78, 5) is 0. The van der Waals surface area contributed by atoms with E-state index in [9.17, 15) is 8.78 Å². The van der Waals surface area contributed by atoms with Crippen LogP contribution >= 0.6 is 10.7 Å². The fourth-order valence-corrected chi connectivity index (χ4v) is 2.56. The van der Waals surface area contributed by atoms with E-state index in [0.29, 0.717) is 13.1 Å². The second kappa shape index (κ2) is 2.04. The van der Waals surface area contributed by atoms with Crippen LogP contribution in [0.4, 0.5) is 8.78 Å². The van der Waals surface area contributed by atoms with E-state index in [-0.39, 0.29) is 22.5 Å². The van der Waals surface area contributed by atoms with Crippen molar-refractivity contribution in [3.8, 4) is 0 Å². The Kier molecular flexibility index (Phi) is 1.43. The Labute approximate surface area is 67.4 Å². The van der Waals surface area contributed by atoms with Gasteiger partial charge in [0.1, 0.15) is 0 Å². The van der Waals surface area contributed by atoms with E-state index in [4.69, 9.17) is 0 Å². The number of halogens is 2. The van der Waals surface area contributed by atoms with Crippen molar-refractivity contribution >= 4 is 16.5 Å². The molecular weight excluding hydrogens is 168 g/mol. The van der Waals surface area contributed by atoms with Gasteiger partial charge in [0.2, 0.25) is 0 Å². The molecule has 64 valence electrons. The van der Waals surface area contributed by atoms with E-state index in [2.05, 4.69) is 5.87 Å². The second-order valence-electron chi connectivity index (χ2n) is 3.33. The van der Waals surface area contributed by atoms with Crippen LogP contribution < -0.4 is 0 Å². The van der Waals surface area contributed by atoms with Crippen LogP contribution in [-0.2, 0) is 0 Å². The van der Waals surface area contributed by atoms with Crippen LogP contribution in [0.3, 0.4) is 0 Å². The first-order valence-corrected chi connectivity index (χ1v) is 5.38. The van der Waals surface area contributed by atoms with Crippen LogP contribution in [0, 0.1) is 11.8 Å². The lowest BCUT2D eigenvalue weighted by atomic mass is 10.4. The van der Waals surface area contributed by atoms with Crippen LogP contribution in [-0.4, -0.2) is 35.4 Å². The summed E-state index contributed by atoms with van der Waals surface area (Å²) in [7, 11) is -0.0644. The zero-order chi connectivity index (χ0) is 8.22. The van der Waals surface area contributed by atoms with Gasteiger partial charge in [-0.25, -0.2) is 8.78 Å². The molecule has 2 fully saturated rings. The Hall–Kier alpha value is 0.0400. The quantitative estimate of drug-likeness (QED) is 0.550. The summed E-state index contributed by atoms with van der Waals surface area (Å²) in [5.74, 6) is 0.799. The average Bonchev–Trinajstić information content (AvgIpc) is 2.28. The summed E-state index contributed by atoms with van der Waals surface area (Å²) in [5, 5.41) is 0. The fraction of sp³-hybridized carbons (Fsp3) is 0.857. The molecule has 3 atom stereocenters. The third kappa shape index (κ3) is 0.957. The summed E-state index contributed by atoms with van der Waals surface area (Å²) in [6, 6.07) is 0. The van der Waals surface area contributed by atoms with Gasteiger partial charge >= 0.3 is 0 Å². The number of nitrogens with zero attached hydrogens (tertiary/aromatic N) is 1. The summed E-state index contributed by atoms with van der Waals surface area (Å²) in [5.41, 5.74) is 0. The Morgan fingerprint density at radius 3 is 2.27 bits per heavy atom. The van der Waals surface area contributed by atoms with Gasteiger partial charge in [0.15, 0.2) is 0 Å². The molecule has 0 radical (unpaired) electrons. The highest BCUT2D eigenvalue weighted by Crippen LogP contribution is 2.60. The second-order valence-corrected chi connectivity index (χ2v) is 5.05. The lowest BCUT2D eigenvalue weighted by Crippen LogP contribution is -2.22. The van der Waals surface area contributed by atoms with Crippen LogP contribution in [0.2, 0.25) is 0 Å². The molecule has 0 spiro atoms. The van der Waals surface area contributed by atoms with Gasteiger partial charge in [0.05, 0.1) is 0 Å². The Morgan fingerprint density at radius 2 is 1.91 bits per heavy atom. The smallest absolute Gasteiger partial charge is 0.256 e. The van der Waals surface area contributed by atoms with E-state index in [1.807, 2.05) is 10.6 Å². The largest absolute Gasteiger partial charge is 0.257 e. The van der Waals surface area contributed by atoms with E-state index in [1.54, 1.807) is 0 Å². The Bertz CT molecular complexity index is 202. The SMILES string of the molecule is C=S(C)N1CC2C(C1)C2(F)F. The van der Waals surface area contributed by atoms with E-state index in [0.717, 1.165) is 0 Å². The molecule has 2 rings (SSSR count). The highest BCUT2D eigenvalue weighted by molar-refractivity contribution is 8.11. The number of piperidine rings is 1. The standard InChI is InChI=1S/C7H11F2NS/c1-11(2)10-3-5-6(4-10)7(5,8)9/h5-6H,1,3-4H2,2H3. The number of hydrogen-bond acceptors (Lipinski definition) is 1. The average molecular weight is 179 g/mol. The Balaban J connectivity index is 2.00. The number of alkyl halides is 2. The maximum atomic E-state index is 12.6. The van der Waals surface area contributed by atoms with Gasteiger partial charge in [0, 0.05) is 24.9 Å². The Morgan fingerprint density at radius 1 is 1.45 bits per heavy atom. The van der Waals surface area contributed by atoms with Gasteiger partial charge in [-0.05, 0) is 6.26 Å². The highest BCUT2D eigenvalue weighted by Gasteiger charge is 2.71. The first-order chi connectivity index (χ1) is 5.03. The van der Waals surface area contributed by atoms with Gasteiger partial charge < -0.3 is 0 Å². The van der Waals surface area contributed by atoms with Crippen molar-refractivity contribution in [1.29, 1.82) is 0 Å². The van der Waals surface area contributed by atoms with Crippen molar-refractivity contribution in [1.82, 2.24) is 4.31 Å². The van der Waals surface area contributed by atoms with Crippen LogP contribution in [0.25, 0.3) is 0 Å². The summed E-state index contributed by atoms with van der Waals surface area (Å²) >= 11 is 0. The first-order valence-electron chi connectivity index (χ1n) is 3.62. The molecule has 11 heavy (non-hydrogen) atoms. The summed E-state index contributed by atoms with van der Waals surface area (Å²) < 4.78 is 27.3. The maximum absolute atomic E-state index is 12.6. The normalized spacial score (nSPS) is 43.5. The summed E-state index contributed by atoms with van der Waals surface area (Å²) in [6.07, 6.45) is 1.98. The first kappa shape index (κ1) is 7.68. The minimum absolute atomic E-state index is 0.0644. The van der Waals surface area contributed by atoms with E-state index < -0.39 is 5.92 Å². The number of rotatable bonds is 1. The van der Waals surface area contributed by atoms with Gasteiger partial charge in [0.25, 0.3) is 5.92 Å². The molecule has 0 aromatic heterocycles. The van der Waals surface area contributed by atoms with Crippen molar-refractivity contribution < 1.29 is 8.78 Å². The molecule has 1 saturated heterocycles. The fourth-order valence-electron chi connectivity index (χ4n) is 1.73. The van der Waals surface area contributed by atoms with Crippen molar-refractivity contribution in [3.63, 3.8) is 0 Å². The molecule has 0 N–H and O–H groups in total. The minimum Gasteiger partial charge on any atom is -0.256 e. The molecule has 2 aliphatic rings. The molecule has 1 saturated carbocycles. The van der Waals surface area contributed by atoms with Crippen molar-refractivity contribution in [2.75, 3.05) is 19.3 Å². The lowest BCUT2D eigenvalue weighted by molar-refractivity contribution is 0.0674. The van der Waals surface area contributed by atoms with Crippen LogP contribution in [0.15, 0.2) is 0 Å². The third-order valence-corrected chi connectivity index (χ3v) is 3.79. The number of hydrogen-bond donors (Lipinski definition) is 0. The molecule has 1 aliphatic carbocycles. The molecule has 1 aliphatic heterocycles. The van der Waals surface area contributed by atoms with E-state index in [1.165, 1.54) is 0 Å². The third-order valence-electron chi connectivity index (χ3n) is 2.61. The molecule has 0 bridgehead atoms. The molecule has 0 aromatic rings. The van der Waals surface area contributed by atoms with Gasteiger partial charge in [-0.15, -0.1) is 10.7 Å². The van der Waals surface area contributed by atoms with Gasteiger partial charge in [-0.1, -0.05) is 5.87 Å². The van der Waals surface area contributed by atoms with Gasteiger partial charge in [-0.2, -0.15) is 0 Å². The molecule has 1 heterocycles. The molecule has 1 nitrogen and oxygen atoms in total. The topological polar surface area (TPSA) is 3.24 Å². The lowest BCUT2D eigenvalue weighted by Gasteiger charge is -2.19. The van der Waals surface area contributed by atoms with Gasteiger partial charge in [-0.3, -0.25) is 4.31 Å². The maximum Gasteiger partial charge on any atom is 0.257 e. The minimum atomic E-state index is -2.34. The molecule has 4 heteroatoms. The predicted octanol–water partition coefficient (Wildman–Crippen LogP) is 1.43. The van der Waals surface area contributed by atoms with E-state index >= 15 is 0 Å². The predicted molar refractivity (Wildman–Crippen MR) is 44.1 cm³/mol. The van der Waals surface area contributed by atoms with Crippen molar-refractivity contribution in [2.24, 2.45) is 11.8 Å². The van der Waals surface area contributed by atoms with Crippen LogP contribution in [0.5, 0.6) is 0 Å². The highest BCUT2D eigenvalue weighted by atomic mass is 32.2. The zero-order valence-electron chi connectivity index (χ0n) is 6.39. The number of fused-ring (bicyclic) bond motifs is 1. The van der Waals surface area contributed by atoms with Crippen LogP contribution in [0.1, 0.15) is 0 Å². The molecule has 0 aromatic carbocycles. The molecular formula is C7H11F2NS. The van der Waals surface area contributed by atoms with Crippen molar-refractivity contribution in [3.05, 3.63) is 0 Å². The molecule has 3 unspecified atom stereocenters.